The van der Waals surface area contributed by atoms with E-state index in [-0.39, 0.29) is 5.75 Å². The molecule has 3 nitrogen and oxygen atoms in total. The van der Waals surface area contributed by atoms with Gasteiger partial charge in [0.05, 0.1) is 5.75 Å². The molecule has 100 valence electrons. The van der Waals surface area contributed by atoms with Crippen molar-refractivity contribution in [3.05, 3.63) is 28.7 Å². The Morgan fingerprint density at radius 3 is 2.56 bits per heavy atom. The lowest BCUT2D eigenvalue weighted by atomic mass is 10.4. The van der Waals surface area contributed by atoms with E-state index in [4.69, 9.17) is 12.2 Å². The highest BCUT2D eigenvalue weighted by Crippen LogP contribution is 2.21. The van der Waals surface area contributed by atoms with Gasteiger partial charge in [-0.25, -0.2) is 8.42 Å². The number of thiocarbonyl (C=S) groups is 1. The van der Waals surface area contributed by atoms with E-state index in [0.717, 1.165) is 9.37 Å². The van der Waals surface area contributed by atoms with E-state index in [1.165, 1.54) is 18.0 Å². The van der Waals surface area contributed by atoms with Crippen LogP contribution in [0.3, 0.4) is 0 Å². The fourth-order valence-corrected chi connectivity index (χ4v) is 3.15. The summed E-state index contributed by atoms with van der Waals surface area (Å²) in [7, 11) is -2.88. The number of thioether (sulfide) groups is 1. The van der Waals surface area contributed by atoms with Gasteiger partial charge in [0.25, 0.3) is 0 Å². The molecule has 0 aliphatic heterocycles. The van der Waals surface area contributed by atoms with Gasteiger partial charge in [-0.3, -0.25) is 0 Å². The summed E-state index contributed by atoms with van der Waals surface area (Å²) in [4.78, 5) is 1.05. The summed E-state index contributed by atoms with van der Waals surface area (Å²) in [6.45, 7) is 0.579. The highest BCUT2D eigenvalue weighted by molar-refractivity contribution is 9.10. The number of hydrogen-bond donors (Lipinski definition) is 1. The van der Waals surface area contributed by atoms with Gasteiger partial charge in [0.15, 0.2) is 0 Å². The second kappa shape index (κ2) is 7.47. The normalized spacial score (nSPS) is 11.2. The molecule has 0 fully saturated rings. The Bertz CT molecular complexity index is 500. The zero-order valence-corrected chi connectivity index (χ0v) is 13.9. The molecule has 0 atom stereocenters. The first-order valence-electron chi connectivity index (χ1n) is 5.26. The van der Waals surface area contributed by atoms with Gasteiger partial charge in [-0.2, -0.15) is 0 Å². The Labute approximate surface area is 126 Å². The van der Waals surface area contributed by atoms with Crippen molar-refractivity contribution in [3.8, 4) is 0 Å². The molecule has 0 amide bonds. The van der Waals surface area contributed by atoms with E-state index in [0.29, 0.717) is 17.3 Å². The number of halogens is 1. The van der Waals surface area contributed by atoms with Crippen LogP contribution in [0.2, 0.25) is 0 Å². The Morgan fingerprint density at radius 1 is 1.39 bits per heavy atom. The fraction of sp³-hybridized carbons (Fsp3) is 0.364. The van der Waals surface area contributed by atoms with Crippen molar-refractivity contribution in [2.75, 3.05) is 18.6 Å². The molecular weight excluding hydrogens is 354 g/mol. The third-order valence-corrected chi connectivity index (χ3v) is 4.78. The first-order valence-corrected chi connectivity index (χ1v) is 9.33. The average Bonchev–Trinajstić information content (AvgIpc) is 2.26. The van der Waals surface area contributed by atoms with E-state index >= 15 is 0 Å². The van der Waals surface area contributed by atoms with Crippen molar-refractivity contribution >= 4 is 54.1 Å². The van der Waals surface area contributed by atoms with Crippen LogP contribution in [-0.4, -0.2) is 31.3 Å². The molecule has 0 heterocycles. The minimum Gasteiger partial charge on any atom is -0.371 e. The van der Waals surface area contributed by atoms with Gasteiger partial charge in [0.1, 0.15) is 14.2 Å². The Balaban J connectivity index is 2.28. The molecule has 0 saturated heterocycles. The average molecular weight is 368 g/mol. The molecule has 1 aromatic rings. The molecule has 0 spiro atoms. The van der Waals surface area contributed by atoms with Gasteiger partial charge in [-0.05, 0) is 30.7 Å². The van der Waals surface area contributed by atoms with Crippen molar-refractivity contribution in [3.63, 3.8) is 0 Å². The number of hydrogen-bond acceptors (Lipinski definition) is 4. The summed E-state index contributed by atoms with van der Waals surface area (Å²) in [6, 6.07) is 7.85. The maximum atomic E-state index is 10.9. The third kappa shape index (κ3) is 7.35. The maximum Gasteiger partial charge on any atom is 0.147 e. The SMILES string of the molecule is CS(=O)(=O)CCCNC(=S)Sc1ccc(Br)cc1. The van der Waals surface area contributed by atoms with Gasteiger partial charge in [-0.15, -0.1) is 0 Å². The summed E-state index contributed by atoms with van der Waals surface area (Å²) in [6.07, 6.45) is 1.81. The summed E-state index contributed by atoms with van der Waals surface area (Å²) in [5, 5.41) is 3.04. The van der Waals surface area contributed by atoms with Gasteiger partial charge >= 0.3 is 0 Å². The summed E-state index contributed by atoms with van der Waals surface area (Å²) in [5.74, 6) is 0.186. The quantitative estimate of drug-likeness (QED) is 0.492. The van der Waals surface area contributed by atoms with E-state index in [9.17, 15) is 8.42 Å². The van der Waals surface area contributed by atoms with Crippen LogP contribution < -0.4 is 5.32 Å². The predicted octanol–water partition coefficient (Wildman–Crippen LogP) is 2.85. The van der Waals surface area contributed by atoms with Crippen LogP contribution in [0.5, 0.6) is 0 Å². The minimum atomic E-state index is -2.88. The predicted molar refractivity (Wildman–Crippen MR) is 84.9 cm³/mol. The van der Waals surface area contributed by atoms with Crippen molar-refractivity contribution in [1.29, 1.82) is 0 Å². The summed E-state index contributed by atoms with van der Waals surface area (Å²) in [5.41, 5.74) is 0. The Hall–Kier alpha value is -0.110. The molecule has 0 aliphatic carbocycles. The fourth-order valence-electron chi connectivity index (χ4n) is 1.17. The third-order valence-electron chi connectivity index (χ3n) is 1.99. The van der Waals surface area contributed by atoms with Crippen LogP contribution in [0.25, 0.3) is 0 Å². The lowest BCUT2D eigenvalue weighted by molar-refractivity contribution is 0.598. The molecule has 1 aromatic carbocycles. The second-order valence-electron chi connectivity index (χ2n) is 3.75. The lowest BCUT2D eigenvalue weighted by Crippen LogP contribution is -2.21. The maximum absolute atomic E-state index is 10.9. The molecular formula is C11H14BrNO2S3. The van der Waals surface area contributed by atoms with Gasteiger partial charge in [0, 0.05) is 22.2 Å². The number of nitrogens with one attached hydrogen (secondary N) is 1. The first kappa shape index (κ1) is 15.9. The van der Waals surface area contributed by atoms with Crippen molar-refractivity contribution in [1.82, 2.24) is 5.32 Å². The van der Waals surface area contributed by atoms with Gasteiger partial charge < -0.3 is 5.32 Å². The molecule has 0 radical (unpaired) electrons. The second-order valence-corrected chi connectivity index (χ2v) is 8.68. The van der Waals surface area contributed by atoms with E-state index in [1.807, 2.05) is 24.3 Å². The molecule has 0 unspecified atom stereocenters. The topological polar surface area (TPSA) is 46.2 Å². The molecule has 0 bridgehead atoms. The number of sulfone groups is 1. The van der Waals surface area contributed by atoms with Crippen molar-refractivity contribution in [2.45, 2.75) is 11.3 Å². The van der Waals surface area contributed by atoms with Crippen molar-refractivity contribution in [2.24, 2.45) is 0 Å². The molecule has 7 heteroatoms. The van der Waals surface area contributed by atoms with Crippen LogP contribution in [0.1, 0.15) is 6.42 Å². The highest BCUT2D eigenvalue weighted by Gasteiger charge is 2.03. The van der Waals surface area contributed by atoms with Crippen LogP contribution >= 0.6 is 39.9 Å². The van der Waals surface area contributed by atoms with Gasteiger partial charge in [0.2, 0.25) is 0 Å². The molecule has 1 N–H and O–H groups in total. The van der Waals surface area contributed by atoms with Gasteiger partial charge in [-0.1, -0.05) is 39.9 Å². The monoisotopic (exact) mass is 367 g/mol. The molecule has 0 saturated carbocycles. The molecule has 0 aliphatic rings. The minimum absolute atomic E-state index is 0.186. The molecule has 18 heavy (non-hydrogen) atoms. The Kier molecular flexibility index (Phi) is 6.62. The van der Waals surface area contributed by atoms with Crippen LogP contribution in [-0.2, 0) is 9.84 Å². The number of rotatable bonds is 5. The Morgan fingerprint density at radius 2 is 2.00 bits per heavy atom. The first-order chi connectivity index (χ1) is 8.37. The molecule has 0 aromatic heterocycles. The van der Waals surface area contributed by atoms with E-state index < -0.39 is 9.84 Å². The van der Waals surface area contributed by atoms with Crippen LogP contribution in [0.4, 0.5) is 0 Å². The molecule has 1 rings (SSSR count). The highest BCUT2D eigenvalue weighted by atomic mass is 79.9. The standard InChI is InChI=1S/C11H14BrNO2S3/c1-18(14,15)8-2-7-13-11(16)17-10-5-3-9(12)4-6-10/h3-6H,2,7-8H2,1H3,(H,13,16). The van der Waals surface area contributed by atoms with E-state index in [2.05, 4.69) is 21.2 Å². The number of benzene rings is 1. The largest absolute Gasteiger partial charge is 0.371 e. The zero-order chi connectivity index (χ0) is 13.6. The van der Waals surface area contributed by atoms with E-state index in [1.54, 1.807) is 0 Å². The zero-order valence-electron chi connectivity index (χ0n) is 9.85. The van der Waals surface area contributed by atoms with Crippen molar-refractivity contribution < 1.29 is 8.42 Å². The lowest BCUT2D eigenvalue weighted by Gasteiger charge is -2.07. The summed E-state index contributed by atoms with van der Waals surface area (Å²) < 4.78 is 23.5. The van der Waals surface area contributed by atoms with Crippen LogP contribution in [0, 0.1) is 0 Å². The smallest absolute Gasteiger partial charge is 0.147 e. The summed E-state index contributed by atoms with van der Waals surface area (Å²) >= 11 is 9.99. The van der Waals surface area contributed by atoms with Crippen LogP contribution in [0.15, 0.2) is 33.6 Å².